The molecule has 0 amide bonds. The second-order valence-electron chi connectivity index (χ2n) is 4.08. The lowest BCUT2D eigenvalue weighted by Gasteiger charge is -2.11. The van der Waals surface area contributed by atoms with E-state index in [2.05, 4.69) is 31.5 Å². The Morgan fingerprint density at radius 1 is 1.38 bits per heavy atom. The minimum atomic E-state index is -0.483. The standard InChI is InChI=1S/C13H12BrClN4O2/c1-2-16-11-7-6-10(19(20)21)13(18-11)17-9-5-3-4-8(15)12(9)14/h3-7H,2H2,1H3,(H2,16,17,18). The molecule has 0 aliphatic rings. The van der Waals surface area contributed by atoms with Gasteiger partial charge in [-0.15, -0.1) is 0 Å². The van der Waals surface area contributed by atoms with Crippen molar-refractivity contribution < 1.29 is 4.92 Å². The Hall–Kier alpha value is -1.86. The number of hydrogen-bond acceptors (Lipinski definition) is 5. The zero-order valence-electron chi connectivity index (χ0n) is 11.1. The van der Waals surface area contributed by atoms with Crippen LogP contribution in [0.3, 0.4) is 0 Å². The SMILES string of the molecule is CCNc1ccc([N+](=O)[O-])c(Nc2cccc(Cl)c2Br)n1. The van der Waals surface area contributed by atoms with Crippen LogP contribution < -0.4 is 10.6 Å². The van der Waals surface area contributed by atoms with Gasteiger partial charge in [0.15, 0.2) is 0 Å². The molecular weight excluding hydrogens is 360 g/mol. The lowest BCUT2D eigenvalue weighted by Crippen LogP contribution is -2.04. The van der Waals surface area contributed by atoms with Crippen molar-refractivity contribution in [3.63, 3.8) is 0 Å². The molecular formula is C13H12BrClN4O2. The van der Waals surface area contributed by atoms with Crippen LogP contribution in [0.15, 0.2) is 34.8 Å². The molecule has 2 rings (SSSR count). The molecule has 0 saturated carbocycles. The lowest BCUT2D eigenvalue weighted by molar-refractivity contribution is -0.384. The van der Waals surface area contributed by atoms with E-state index in [1.807, 2.05) is 6.92 Å². The third-order valence-corrected chi connectivity index (χ3v) is 4.03. The molecule has 0 bridgehead atoms. The fraction of sp³-hybridized carbons (Fsp3) is 0.154. The molecule has 21 heavy (non-hydrogen) atoms. The molecule has 0 spiro atoms. The highest BCUT2D eigenvalue weighted by Crippen LogP contribution is 2.34. The van der Waals surface area contributed by atoms with Crippen LogP contribution in [-0.2, 0) is 0 Å². The molecule has 0 aliphatic carbocycles. The minimum Gasteiger partial charge on any atom is -0.370 e. The fourth-order valence-electron chi connectivity index (χ4n) is 1.70. The van der Waals surface area contributed by atoms with E-state index < -0.39 is 4.92 Å². The quantitative estimate of drug-likeness (QED) is 0.594. The smallest absolute Gasteiger partial charge is 0.311 e. The summed E-state index contributed by atoms with van der Waals surface area (Å²) < 4.78 is 0.622. The summed E-state index contributed by atoms with van der Waals surface area (Å²) in [5, 5.41) is 17.6. The van der Waals surface area contributed by atoms with Gasteiger partial charge in [-0.1, -0.05) is 17.7 Å². The predicted octanol–water partition coefficient (Wildman–Crippen LogP) is 4.58. The molecule has 0 radical (unpaired) electrons. The first-order valence-electron chi connectivity index (χ1n) is 6.13. The molecule has 0 aliphatic heterocycles. The van der Waals surface area contributed by atoms with Gasteiger partial charge < -0.3 is 10.6 Å². The van der Waals surface area contributed by atoms with Gasteiger partial charge in [0, 0.05) is 12.6 Å². The number of aromatic nitrogens is 1. The lowest BCUT2D eigenvalue weighted by atomic mass is 10.3. The van der Waals surface area contributed by atoms with E-state index in [1.165, 1.54) is 6.07 Å². The molecule has 8 heteroatoms. The van der Waals surface area contributed by atoms with Crippen LogP contribution >= 0.6 is 27.5 Å². The number of benzene rings is 1. The molecule has 2 N–H and O–H groups in total. The highest BCUT2D eigenvalue weighted by Gasteiger charge is 2.17. The maximum atomic E-state index is 11.1. The van der Waals surface area contributed by atoms with Crippen LogP contribution in [0.2, 0.25) is 5.02 Å². The van der Waals surface area contributed by atoms with E-state index >= 15 is 0 Å². The highest BCUT2D eigenvalue weighted by molar-refractivity contribution is 9.10. The molecule has 1 heterocycles. The van der Waals surface area contributed by atoms with Crippen LogP contribution in [0.25, 0.3) is 0 Å². The molecule has 6 nitrogen and oxygen atoms in total. The van der Waals surface area contributed by atoms with Crippen molar-refractivity contribution in [3.05, 3.63) is 49.9 Å². The molecule has 0 fully saturated rings. The first-order valence-corrected chi connectivity index (χ1v) is 7.30. The summed E-state index contributed by atoms with van der Waals surface area (Å²) in [6.45, 7) is 2.59. The first-order chi connectivity index (χ1) is 10.0. The topological polar surface area (TPSA) is 80.1 Å². The maximum absolute atomic E-state index is 11.1. The summed E-state index contributed by atoms with van der Waals surface area (Å²) in [5.41, 5.74) is 0.496. The number of nitro groups is 1. The Balaban J connectivity index is 2.43. The zero-order chi connectivity index (χ0) is 15.4. The summed E-state index contributed by atoms with van der Waals surface area (Å²) >= 11 is 9.35. The summed E-state index contributed by atoms with van der Waals surface area (Å²) in [7, 11) is 0. The fourth-order valence-corrected chi connectivity index (χ4v) is 2.24. The summed E-state index contributed by atoms with van der Waals surface area (Å²) in [6, 6.07) is 8.19. The van der Waals surface area contributed by atoms with Gasteiger partial charge in [0.05, 0.1) is 20.1 Å². The number of nitrogens with one attached hydrogen (secondary N) is 2. The van der Waals surface area contributed by atoms with Crippen LogP contribution in [0.5, 0.6) is 0 Å². The minimum absolute atomic E-state index is 0.108. The molecule has 0 atom stereocenters. The van der Waals surface area contributed by atoms with Gasteiger partial charge in [-0.05, 0) is 41.1 Å². The van der Waals surface area contributed by atoms with Gasteiger partial charge in [0.2, 0.25) is 5.82 Å². The summed E-state index contributed by atoms with van der Waals surface area (Å²) in [6.07, 6.45) is 0. The van der Waals surface area contributed by atoms with Crippen LogP contribution in [0, 0.1) is 10.1 Å². The number of nitrogens with zero attached hydrogens (tertiary/aromatic N) is 2. The van der Waals surface area contributed by atoms with Gasteiger partial charge in [-0.3, -0.25) is 10.1 Å². The summed E-state index contributed by atoms with van der Waals surface area (Å²) in [4.78, 5) is 14.8. The Bertz CT molecular complexity index is 681. The maximum Gasteiger partial charge on any atom is 0.311 e. The van der Waals surface area contributed by atoms with E-state index in [-0.39, 0.29) is 11.5 Å². The van der Waals surface area contributed by atoms with E-state index in [1.54, 1.807) is 24.3 Å². The number of pyridine rings is 1. The highest BCUT2D eigenvalue weighted by atomic mass is 79.9. The van der Waals surface area contributed by atoms with Gasteiger partial charge in [0.1, 0.15) is 5.82 Å². The number of anilines is 3. The number of rotatable bonds is 5. The molecule has 1 aromatic carbocycles. The third kappa shape index (κ3) is 3.62. The van der Waals surface area contributed by atoms with E-state index in [4.69, 9.17) is 11.6 Å². The second-order valence-corrected chi connectivity index (χ2v) is 5.28. The largest absolute Gasteiger partial charge is 0.370 e. The predicted molar refractivity (Wildman–Crippen MR) is 87.5 cm³/mol. The van der Waals surface area contributed by atoms with Gasteiger partial charge in [-0.2, -0.15) is 0 Å². The van der Waals surface area contributed by atoms with Crippen molar-refractivity contribution >= 4 is 50.5 Å². The first kappa shape index (κ1) is 15.5. The molecule has 0 saturated heterocycles. The van der Waals surface area contributed by atoms with Crippen LogP contribution in [-0.4, -0.2) is 16.5 Å². The van der Waals surface area contributed by atoms with Crippen molar-refractivity contribution in [1.29, 1.82) is 0 Å². The van der Waals surface area contributed by atoms with Crippen molar-refractivity contribution in [2.24, 2.45) is 0 Å². The zero-order valence-corrected chi connectivity index (χ0v) is 13.4. The Morgan fingerprint density at radius 2 is 2.14 bits per heavy atom. The number of hydrogen-bond donors (Lipinski definition) is 2. The molecule has 110 valence electrons. The van der Waals surface area contributed by atoms with Gasteiger partial charge >= 0.3 is 5.69 Å². The molecule has 2 aromatic rings. The second kappa shape index (κ2) is 6.73. The molecule has 0 unspecified atom stereocenters. The van der Waals surface area contributed by atoms with Crippen molar-refractivity contribution in [1.82, 2.24) is 4.98 Å². The Kier molecular flexibility index (Phi) is 4.98. The third-order valence-electron chi connectivity index (χ3n) is 2.63. The summed E-state index contributed by atoms with van der Waals surface area (Å²) in [5.74, 6) is 0.713. The van der Waals surface area contributed by atoms with Crippen LogP contribution in [0.4, 0.5) is 23.0 Å². The normalized spacial score (nSPS) is 10.2. The average molecular weight is 372 g/mol. The monoisotopic (exact) mass is 370 g/mol. The van der Waals surface area contributed by atoms with Gasteiger partial charge in [0.25, 0.3) is 0 Å². The van der Waals surface area contributed by atoms with E-state index in [0.717, 1.165) is 0 Å². The Morgan fingerprint density at radius 3 is 2.81 bits per heavy atom. The van der Waals surface area contributed by atoms with E-state index in [9.17, 15) is 10.1 Å². The van der Waals surface area contributed by atoms with Crippen molar-refractivity contribution in [3.8, 4) is 0 Å². The van der Waals surface area contributed by atoms with E-state index in [0.29, 0.717) is 27.5 Å². The number of halogens is 2. The average Bonchev–Trinajstić information content (AvgIpc) is 2.44. The van der Waals surface area contributed by atoms with Gasteiger partial charge in [-0.25, -0.2) is 4.98 Å². The van der Waals surface area contributed by atoms with Crippen LogP contribution in [0.1, 0.15) is 6.92 Å². The van der Waals surface area contributed by atoms with Crippen molar-refractivity contribution in [2.75, 3.05) is 17.2 Å². The molecule has 1 aromatic heterocycles. The van der Waals surface area contributed by atoms with Crippen molar-refractivity contribution in [2.45, 2.75) is 6.92 Å². The Labute approximate surface area is 134 Å².